The topological polar surface area (TPSA) is 104 Å². The monoisotopic (exact) mass is 343 g/mol. The van der Waals surface area contributed by atoms with E-state index in [0.717, 1.165) is 10.0 Å². The smallest absolute Gasteiger partial charge is 0.326 e. The number of carbonyl (C=O) groups is 3. The minimum absolute atomic E-state index is 0.0458. The summed E-state index contributed by atoms with van der Waals surface area (Å²) in [5, 5.41) is 19.8. The molecule has 1 atom stereocenters. The minimum atomic E-state index is -1.24. The number of aliphatic carboxylic acids is 2. The fourth-order valence-electron chi connectivity index (χ4n) is 1.56. The lowest BCUT2D eigenvalue weighted by molar-refractivity contribution is -0.143. The molecule has 0 aliphatic heterocycles. The van der Waals surface area contributed by atoms with Gasteiger partial charge in [-0.15, -0.1) is 0 Å². The molecule has 6 nitrogen and oxygen atoms in total. The average molecular weight is 344 g/mol. The van der Waals surface area contributed by atoms with Crippen molar-refractivity contribution in [2.45, 2.75) is 25.3 Å². The average Bonchev–Trinajstić information content (AvgIpc) is 2.36. The summed E-state index contributed by atoms with van der Waals surface area (Å²) in [7, 11) is 0. The number of carboxylic acids is 2. The van der Waals surface area contributed by atoms with E-state index in [1.807, 2.05) is 0 Å². The summed E-state index contributed by atoms with van der Waals surface area (Å²) in [5.41, 5.74) is 0.744. The lowest BCUT2D eigenvalue weighted by Crippen LogP contribution is -2.41. The van der Waals surface area contributed by atoms with E-state index in [-0.39, 0.29) is 19.3 Å². The van der Waals surface area contributed by atoms with Crippen LogP contribution in [0.2, 0.25) is 0 Å². The van der Waals surface area contributed by atoms with Crippen molar-refractivity contribution in [3.8, 4) is 0 Å². The van der Waals surface area contributed by atoms with Crippen LogP contribution in [0.1, 0.15) is 18.4 Å². The quantitative estimate of drug-likeness (QED) is 0.694. The SMILES string of the molecule is O=C(O)CCC(NC(=O)Cc1ccc(Br)cc1)C(=O)O. The van der Waals surface area contributed by atoms with Gasteiger partial charge in [-0.1, -0.05) is 28.1 Å². The molecule has 0 bridgehead atoms. The number of hydrogen-bond donors (Lipinski definition) is 3. The van der Waals surface area contributed by atoms with Gasteiger partial charge >= 0.3 is 11.9 Å². The van der Waals surface area contributed by atoms with Crippen molar-refractivity contribution in [3.63, 3.8) is 0 Å². The van der Waals surface area contributed by atoms with Gasteiger partial charge in [-0.2, -0.15) is 0 Å². The number of hydrogen-bond acceptors (Lipinski definition) is 3. The maximum absolute atomic E-state index is 11.7. The van der Waals surface area contributed by atoms with Crippen LogP contribution in [0.15, 0.2) is 28.7 Å². The zero-order chi connectivity index (χ0) is 15.1. The van der Waals surface area contributed by atoms with Crippen molar-refractivity contribution in [1.82, 2.24) is 5.32 Å². The molecule has 108 valence electrons. The molecule has 0 saturated heterocycles. The third kappa shape index (κ3) is 5.83. The highest BCUT2D eigenvalue weighted by molar-refractivity contribution is 9.10. The Morgan fingerprint density at radius 1 is 1.15 bits per heavy atom. The Balaban J connectivity index is 2.55. The lowest BCUT2D eigenvalue weighted by Gasteiger charge is -2.13. The number of nitrogens with one attached hydrogen (secondary N) is 1. The molecule has 0 aliphatic carbocycles. The van der Waals surface area contributed by atoms with Crippen LogP contribution in [0.4, 0.5) is 0 Å². The molecule has 0 heterocycles. The molecule has 0 fully saturated rings. The number of amides is 1. The third-order valence-electron chi connectivity index (χ3n) is 2.56. The molecular weight excluding hydrogens is 330 g/mol. The van der Waals surface area contributed by atoms with Crippen LogP contribution in [0.3, 0.4) is 0 Å². The summed E-state index contributed by atoms with van der Waals surface area (Å²) < 4.78 is 0.881. The molecule has 0 aromatic heterocycles. The summed E-state index contributed by atoms with van der Waals surface area (Å²) in [5.74, 6) is -2.79. The van der Waals surface area contributed by atoms with Crippen LogP contribution in [0.25, 0.3) is 0 Å². The van der Waals surface area contributed by atoms with Gasteiger partial charge in [-0.25, -0.2) is 4.79 Å². The van der Waals surface area contributed by atoms with E-state index in [1.165, 1.54) is 0 Å². The molecular formula is C13H14BrNO5. The van der Waals surface area contributed by atoms with Gasteiger partial charge in [0.15, 0.2) is 0 Å². The van der Waals surface area contributed by atoms with Crippen molar-refractivity contribution in [1.29, 1.82) is 0 Å². The van der Waals surface area contributed by atoms with Gasteiger partial charge in [0.1, 0.15) is 6.04 Å². The summed E-state index contributed by atoms with van der Waals surface area (Å²) in [4.78, 5) is 33.1. The first kappa shape index (κ1) is 16.2. The number of rotatable bonds is 7. The molecule has 0 spiro atoms. The summed E-state index contributed by atoms with van der Waals surface area (Å²) in [6, 6.07) is 5.87. The molecule has 1 rings (SSSR count). The molecule has 0 aliphatic rings. The van der Waals surface area contributed by atoms with Gasteiger partial charge < -0.3 is 15.5 Å². The maximum atomic E-state index is 11.7. The number of carboxylic acid groups (broad SMARTS) is 2. The van der Waals surface area contributed by atoms with E-state index in [2.05, 4.69) is 21.2 Å². The zero-order valence-electron chi connectivity index (χ0n) is 10.5. The highest BCUT2D eigenvalue weighted by atomic mass is 79.9. The fraction of sp³-hybridized carbons (Fsp3) is 0.308. The largest absolute Gasteiger partial charge is 0.481 e. The Kier molecular flexibility index (Phi) is 6.17. The van der Waals surface area contributed by atoms with Crippen LogP contribution in [-0.2, 0) is 20.8 Å². The Hall–Kier alpha value is -1.89. The van der Waals surface area contributed by atoms with Gasteiger partial charge in [-0.05, 0) is 24.1 Å². The zero-order valence-corrected chi connectivity index (χ0v) is 12.1. The predicted octanol–water partition coefficient (Wildman–Crippen LogP) is 1.43. The third-order valence-corrected chi connectivity index (χ3v) is 3.09. The number of carbonyl (C=O) groups excluding carboxylic acids is 1. The predicted molar refractivity (Wildman–Crippen MR) is 74.3 cm³/mol. The second kappa shape index (κ2) is 7.64. The first-order chi connectivity index (χ1) is 9.38. The molecule has 1 amide bonds. The Labute approximate surface area is 123 Å². The van der Waals surface area contributed by atoms with Gasteiger partial charge in [0, 0.05) is 10.9 Å². The first-order valence-electron chi connectivity index (χ1n) is 5.87. The van der Waals surface area contributed by atoms with Crippen LogP contribution in [-0.4, -0.2) is 34.1 Å². The summed E-state index contributed by atoms with van der Waals surface area (Å²) in [6.45, 7) is 0. The molecule has 1 aromatic carbocycles. The van der Waals surface area contributed by atoms with E-state index in [1.54, 1.807) is 24.3 Å². The van der Waals surface area contributed by atoms with E-state index < -0.39 is 23.9 Å². The molecule has 0 saturated carbocycles. The maximum Gasteiger partial charge on any atom is 0.326 e. The van der Waals surface area contributed by atoms with E-state index in [0.29, 0.717) is 0 Å². The summed E-state index contributed by atoms with van der Waals surface area (Å²) in [6.07, 6.45) is -0.406. The molecule has 1 aromatic rings. The molecule has 3 N–H and O–H groups in total. The highest BCUT2D eigenvalue weighted by Crippen LogP contribution is 2.11. The van der Waals surface area contributed by atoms with E-state index >= 15 is 0 Å². The van der Waals surface area contributed by atoms with E-state index in [4.69, 9.17) is 10.2 Å². The molecule has 1 unspecified atom stereocenters. The van der Waals surface area contributed by atoms with Crippen LogP contribution in [0.5, 0.6) is 0 Å². The van der Waals surface area contributed by atoms with Crippen molar-refractivity contribution in [2.24, 2.45) is 0 Å². The second-order valence-corrected chi connectivity index (χ2v) is 5.11. The molecule has 7 heteroatoms. The Morgan fingerprint density at radius 2 is 1.75 bits per heavy atom. The molecule has 0 radical (unpaired) electrons. The Bertz CT molecular complexity index is 500. The van der Waals surface area contributed by atoms with Gasteiger partial charge in [0.2, 0.25) is 5.91 Å². The van der Waals surface area contributed by atoms with Crippen molar-refractivity contribution in [3.05, 3.63) is 34.3 Å². The Morgan fingerprint density at radius 3 is 2.25 bits per heavy atom. The van der Waals surface area contributed by atoms with Gasteiger partial charge in [0.05, 0.1) is 6.42 Å². The highest BCUT2D eigenvalue weighted by Gasteiger charge is 2.20. The van der Waals surface area contributed by atoms with Crippen LogP contribution < -0.4 is 5.32 Å². The van der Waals surface area contributed by atoms with Gasteiger partial charge in [0.25, 0.3) is 0 Å². The number of benzene rings is 1. The van der Waals surface area contributed by atoms with E-state index in [9.17, 15) is 14.4 Å². The lowest BCUT2D eigenvalue weighted by atomic mass is 10.1. The first-order valence-corrected chi connectivity index (χ1v) is 6.66. The second-order valence-electron chi connectivity index (χ2n) is 4.19. The number of halogens is 1. The van der Waals surface area contributed by atoms with Crippen molar-refractivity contribution < 1.29 is 24.6 Å². The molecule has 20 heavy (non-hydrogen) atoms. The summed E-state index contributed by atoms with van der Waals surface area (Å²) >= 11 is 3.27. The normalized spacial score (nSPS) is 11.7. The van der Waals surface area contributed by atoms with Gasteiger partial charge in [-0.3, -0.25) is 9.59 Å². The fourth-order valence-corrected chi connectivity index (χ4v) is 1.82. The van der Waals surface area contributed by atoms with Crippen molar-refractivity contribution in [2.75, 3.05) is 0 Å². The van der Waals surface area contributed by atoms with Crippen molar-refractivity contribution >= 4 is 33.8 Å². The minimum Gasteiger partial charge on any atom is -0.481 e. The van der Waals surface area contributed by atoms with Crippen LogP contribution >= 0.6 is 15.9 Å². The van der Waals surface area contributed by atoms with Crippen LogP contribution in [0, 0.1) is 0 Å². The standard InChI is InChI=1S/C13H14BrNO5/c14-9-3-1-8(2-4-9)7-11(16)15-10(13(19)20)5-6-12(17)18/h1-4,10H,5-7H2,(H,15,16)(H,17,18)(H,19,20).